The number of anilines is 1. The third-order valence-electron chi connectivity index (χ3n) is 5.95. The zero-order chi connectivity index (χ0) is 25.1. The highest BCUT2D eigenvalue weighted by Gasteiger charge is 2.28. The highest BCUT2D eigenvalue weighted by atomic mass is 35.5. The van der Waals surface area contributed by atoms with Crippen molar-refractivity contribution in [2.24, 2.45) is 7.05 Å². The van der Waals surface area contributed by atoms with Crippen molar-refractivity contribution in [1.29, 1.82) is 0 Å². The van der Waals surface area contributed by atoms with Crippen LogP contribution in [0.25, 0.3) is 21.9 Å². The Labute approximate surface area is 208 Å². The minimum absolute atomic E-state index is 0.0677. The third kappa shape index (κ3) is 4.84. The van der Waals surface area contributed by atoms with Crippen LogP contribution >= 0.6 is 11.6 Å². The molecule has 0 aliphatic carbocycles. The number of ether oxygens (including phenoxy) is 1. The highest BCUT2D eigenvalue weighted by molar-refractivity contribution is 6.30. The molecule has 4 aromatic rings. The lowest BCUT2D eigenvalue weighted by atomic mass is 9.96. The normalized spacial score (nSPS) is 11.8. The van der Waals surface area contributed by atoms with Gasteiger partial charge in [0.15, 0.2) is 6.10 Å². The molecule has 1 N–H and O–H groups in total. The van der Waals surface area contributed by atoms with Crippen LogP contribution in [0.5, 0.6) is 0 Å². The van der Waals surface area contributed by atoms with Crippen molar-refractivity contribution in [1.82, 2.24) is 4.57 Å². The number of nitrogens with one attached hydrogen (secondary N) is 1. The predicted octanol–water partition coefficient (Wildman–Crippen LogP) is 5.74. The number of carbonyl (C=O) groups is 2. The van der Waals surface area contributed by atoms with Gasteiger partial charge in [-0.05, 0) is 54.1 Å². The van der Waals surface area contributed by atoms with E-state index in [4.69, 9.17) is 16.3 Å². The zero-order valence-corrected chi connectivity index (χ0v) is 20.4. The molecule has 4 rings (SSSR count). The van der Waals surface area contributed by atoms with E-state index in [0.717, 1.165) is 5.56 Å². The first-order valence-electron chi connectivity index (χ1n) is 11.3. The van der Waals surface area contributed by atoms with Crippen LogP contribution < -0.4 is 10.9 Å². The Kier molecular flexibility index (Phi) is 7.03. The Bertz CT molecular complexity index is 1480. The van der Waals surface area contributed by atoms with Gasteiger partial charge in [-0.2, -0.15) is 0 Å². The quantitative estimate of drug-likeness (QED) is 0.351. The summed E-state index contributed by atoms with van der Waals surface area (Å²) in [6, 6.07) is 21.5. The molecule has 1 heterocycles. The lowest BCUT2D eigenvalue weighted by Crippen LogP contribution is -2.34. The zero-order valence-electron chi connectivity index (χ0n) is 19.7. The Balaban J connectivity index is 1.77. The number of aromatic nitrogens is 1. The van der Waals surface area contributed by atoms with Gasteiger partial charge in [-0.3, -0.25) is 9.59 Å². The van der Waals surface area contributed by atoms with E-state index in [1.807, 2.05) is 25.1 Å². The number of nitrogens with zero attached hydrogens (tertiary/aromatic N) is 1. The van der Waals surface area contributed by atoms with Crippen LogP contribution in [0.15, 0.2) is 77.6 Å². The molecule has 0 fully saturated rings. The fraction of sp³-hybridized carbons (Fsp3) is 0.179. The van der Waals surface area contributed by atoms with Crippen molar-refractivity contribution in [3.8, 4) is 11.1 Å². The number of esters is 1. The summed E-state index contributed by atoms with van der Waals surface area (Å²) in [5, 5.41) is 4.46. The molecule has 1 unspecified atom stereocenters. The van der Waals surface area contributed by atoms with E-state index in [0.29, 0.717) is 32.6 Å². The molecule has 0 aliphatic rings. The third-order valence-corrected chi connectivity index (χ3v) is 6.20. The van der Waals surface area contributed by atoms with Crippen molar-refractivity contribution in [2.75, 3.05) is 5.32 Å². The second-order valence-electron chi connectivity index (χ2n) is 8.25. The van der Waals surface area contributed by atoms with Gasteiger partial charge in [0, 0.05) is 28.7 Å². The number of fused-ring (bicyclic) bond motifs is 1. The van der Waals surface area contributed by atoms with E-state index in [2.05, 4.69) is 5.32 Å². The monoisotopic (exact) mass is 488 g/mol. The van der Waals surface area contributed by atoms with Crippen LogP contribution in [0, 0.1) is 6.92 Å². The molecule has 0 spiro atoms. The van der Waals surface area contributed by atoms with E-state index < -0.39 is 18.0 Å². The first-order chi connectivity index (χ1) is 16.8. The molecular weight excluding hydrogens is 464 g/mol. The van der Waals surface area contributed by atoms with Gasteiger partial charge < -0.3 is 14.6 Å². The van der Waals surface area contributed by atoms with Gasteiger partial charge in [0.05, 0.1) is 0 Å². The van der Waals surface area contributed by atoms with Crippen LogP contribution in [0.4, 0.5) is 5.69 Å². The van der Waals surface area contributed by atoms with Crippen molar-refractivity contribution >= 4 is 39.9 Å². The molecule has 3 aromatic carbocycles. The van der Waals surface area contributed by atoms with Crippen LogP contribution in [0.1, 0.15) is 29.4 Å². The molecule has 0 bridgehead atoms. The maximum absolute atomic E-state index is 13.5. The molecular formula is C28H25ClN2O4. The molecule has 178 valence electrons. The summed E-state index contributed by atoms with van der Waals surface area (Å²) in [7, 11) is 1.53. The number of halogens is 1. The van der Waals surface area contributed by atoms with Gasteiger partial charge in [0.1, 0.15) is 5.69 Å². The maximum Gasteiger partial charge on any atom is 0.356 e. The van der Waals surface area contributed by atoms with E-state index >= 15 is 0 Å². The minimum atomic E-state index is -1.04. The van der Waals surface area contributed by atoms with E-state index in [1.54, 1.807) is 61.5 Å². The molecule has 7 heteroatoms. The minimum Gasteiger partial charge on any atom is -0.448 e. The van der Waals surface area contributed by atoms with Gasteiger partial charge in [-0.15, -0.1) is 0 Å². The maximum atomic E-state index is 13.5. The number of hydrogen-bond acceptors (Lipinski definition) is 4. The Morgan fingerprint density at radius 3 is 2.26 bits per heavy atom. The van der Waals surface area contributed by atoms with Crippen molar-refractivity contribution in [3.63, 3.8) is 0 Å². The molecule has 1 aromatic heterocycles. The van der Waals surface area contributed by atoms with Crippen LogP contribution in [-0.2, 0) is 16.6 Å². The Morgan fingerprint density at radius 2 is 1.60 bits per heavy atom. The summed E-state index contributed by atoms with van der Waals surface area (Å²) in [4.78, 5) is 39.6. The van der Waals surface area contributed by atoms with E-state index in [9.17, 15) is 14.4 Å². The lowest BCUT2D eigenvalue weighted by molar-refractivity contribution is -0.124. The number of carbonyl (C=O) groups excluding carboxylic acids is 2. The summed E-state index contributed by atoms with van der Waals surface area (Å²) < 4.78 is 6.97. The number of pyridine rings is 1. The number of amides is 1. The smallest absolute Gasteiger partial charge is 0.356 e. The average Bonchev–Trinajstić information content (AvgIpc) is 2.86. The van der Waals surface area contributed by atoms with Gasteiger partial charge in [-0.1, -0.05) is 67.1 Å². The summed E-state index contributed by atoms with van der Waals surface area (Å²) >= 11 is 6.08. The number of rotatable bonds is 6. The first-order valence-corrected chi connectivity index (χ1v) is 11.6. The summed E-state index contributed by atoms with van der Waals surface area (Å²) in [5.41, 5.74) is 2.51. The predicted molar refractivity (Wildman–Crippen MR) is 139 cm³/mol. The molecule has 0 saturated carbocycles. The first kappa shape index (κ1) is 24.2. The van der Waals surface area contributed by atoms with E-state index in [-0.39, 0.29) is 17.7 Å². The molecule has 0 aliphatic heterocycles. The van der Waals surface area contributed by atoms with Gasteiger partial charge in [0.25, 0.3) is 11.5 Å². The topological polar surface area (TPSA) is 77.4 Å². The molecule has 1 atom stereocenters. The Hall–Kier alpha value is -3.90. The molecule has 1 amide bonds. The second kappa shape index (κ2) is 10.2. The molecule has 0 radical (unpaired) electrons. The highest BCUT2D eigenvalue weighted by Crippen LogP contribution is 2.32. The standard InChI is InChI=1S/C28H25ClN2O4/c1-4-23(26(32)30-22-12-8-5-9-17(22)2)35-28(34)25-24(18-13-15-19(29)16-14-18)20-10-6-7-11-21(20)27(33)31(25)3/h5-16,23H,4H2,1-3H3,(H,30,32). The van der Waals surface area contributed by atoms with Crippen LogP contribution in [0.3, 0.4) is 0 Å². The van der Waals surface area contributed by atoms with Gasteiger partial charge in [-0.25, -0.2) is 4.79 Å². The summed E-state index contributed by atoms with van der Waals surface area (Å²) in [6.45, 7) is 3.64. The fourth-order valence-electron chi connectivity index (χ4n) is 4.05. The largest absolute Gasteiger partial charge is 0.448 e. The number of para-hydroxylation sites is 1. The SMILES string of the molecule is CCC(OC(=O)c1c(-c2ccc(Cl)cc2)c2ccccc2c(=O)n1C)C(=O)Nc1ccccc1C. The lowest BCUT2D eigenvalue weighted by Gasteiger charge is -2.20. The van der Waals surface area contributed by atoms with Crippen LogP contribution in [-0.4, -0.2) is 22.5 Å². The van der Waals surface area contributed by atoms with Crippen LogP contribution in [0.2, 0.25) is 5.02 Å². The summed E-state index contributed by atoms with van der Waals surface area (Å²) in [6.07, 6.45) is -0.775. The van der Waals surface area contributed by atoms with Crippen molar-refractivity contribution in [2.45, 2.75) is 26.4 Å². The summed E-state index contributed by atoms with van der Waals surface area (Å²) in [5.74, 6) is -1.19. The van der Waals surface area contributed by atoms with Crippen molar-refractivity contribution < 1.29 is 14.3 Å². The number of aryl methyl sites for hydroxylation is 1. The number of hydrogen-bond donors (Lipinski definition) is 1. The van der Waals surface area contributed by atoms with Gasteiger partial charge in [0.2, 0.25) is 0 Å². The van der Waals surface area contributed by atoms with Gasteiger partial charge >= 0.3 is 5.97 Å². The molecule has 35 heavy (non-hydrogen) atoms. The van der Waals surface area contributed by atoms with E-state index in [1.165, 1.54) is 11.6 Å². The van der Waals surface area contributed by atoms with Crippen molar-refractivity contribution in [3.05, 3.63) is 99.4 Å². The molecule has 0 saturated heterocycles. The Morgan fingerprint density at radius 1 is 0.971 bits per heavy atom. The fourth-order valence-corrected chi connectivity index (χ4v) is 4.17. The molecule has 6 nitrogen and oxygen atoms in total. The number of benzene rings is 3. The second-order valence-corrected chi connectivity index (χ2v) is 8.68. The average molecular weight is 489 g/mol.